The van der Waals surface area contributed by atoms with Crippen molar-refractivity contribution in [1.29, 1.82) is 0 Å². The van der Waals surface area contributed by atoms with Gasteiger partial charge in [0.05, 0.1) is 28.3 Å². The molecular formula is C21H30N3OS+. The number of hydrogen-bond acceptors (Lipinski definition) is 3. The predicted molar refractivity (Wildman–Crippen MR) is 107 cm³/mol. The maximum Gasteiger partial charge on any atom is 0.277 e. The van der Waals surface area contributed by atoms with Crippen LogP contribution in [0.15, 0.2) is 24.3 Å². The van der Waals surface area contributed by atoms with E-state index in [2.05, 4.69) is 29.2 Å². The van der Waals surface area contributed by atoms with Crippen LogP contribution < -0.4 is 4.90 Å². The van der Waals surface area contributed by atoms with E-state index >= 15 is 0 Å². The molecular weight excluding hydrogens is 342 g/mol. The highest BCUT2D eigenvalue weighted by Gasteiger charge is 2.28. The molecule has 4 nitrogen and oxygen atoms in total. The van der Waals surface area contributed by atoms with E-state index in [0.717, 1.165) is 31.4 Å². The number of likely N-dealkylation sites (tertiary alicyclic amines) is 2. The molecule has 2 saturated heterocycles. The molecule has 2 aliphatic rings. The normalized spacial score (nSPS) is 22.9. The Kier molecular flexibility index (Phi) is 5.85. The number of nitrogens with one attached hydrogen (secondary N) is 1. The number of para-hydroxylation sites is 1. The molecule has 0 unspecified atom stereocenters. The third kappa shape index (κ3) is 4.26. The highest BCUT2D eigenvalue weighted by Crippen LogP contribution is 2.32. The van der Waals surface area contributed by atoms with Crippen molar-refractivity contribution in [3.05, 3.63) is 29.3 Å². The molecule has 0 spiro atoms. The molecule has 0 bridgehead atoms. The van der Waals surface area contributed by atoms with Gasteiger partial charge in [-0.15, -0.1) is 11.3 Å². The van der Waals surface area contributed by atoms with Crippen LogP contribution in [0.2, 0.25) is 0 Å². The number of thiazole rings is 1. The summed E-state index contributed by atoms with van der Waals surface area (Å²) in [5.41, 5.74) is 1.10. The van der Waals surface area contributed by atoms with Crippen LogP contribution in [0, 0.1) is 0 Å². The smallest absolute Gasteiger partial charge is 0.277 e. The minimum Gasteiger partial charge on any atom is -0.337 e. The van der Waals surface area contributed by atoms with E-state index in [9.17, 15) is 4.79 Å². The largest absolute Gasteiger partial charge is 0.337 e. The molecule has 1 amide bonds. The van der Waals surface area contributed by atoms with Gasteiger partial charge in [0, 0.05) is 19.0 Å². The Morgan fingerprint density at radius 2 is 1.88 bits per heavy atom. The molecule has 3 heterocycles. The van der Waals surface area contributed by atoms with Crippen molar-refractivity contribution in [1.82, 2.24) is 9.88 Å². The van der Waals surface area contributed by atoms with Gasteiger partial charge in [-0.1, -0.05) is 18.6 Å². The summed E-state index contributed by atoms with van der Waals surface area (Å²) in [5, 5.41) is 1.21. The average Bonchev–Trinajstić information content (AvgIpc) is 3.08. The van der Waals surface area contributed by atoms with Crippen molar-refractivity contribution in [3.63, 3.8) is 0 Å². The molecule has 0 radical (unpaired) electrons. The first-order valence-electron chi connectivity index (χ1n) is 10.3. The molecule has 2 aliphatic heterocycles. The second-order valence-electron chi connectivity index (χ2n) is 7.89. The van der Waals surface area contributed by atoms with E-state index in [1.165, 1.54) is 59.8 Å². The Morgan fingerprint density at radius 1 is 1.12 bits per heavy atom. The Morgan fingerprint density at radius 3 is 2.69 bits per heavy atom. The fraction of sp³-hybridized carbons (Fsp3) is 0.619. The van der Waals surface area contributed by atoms with Crippen LogP contribution in [0.1, 0.15) is 55.9 Å². The summed E-state index contributed by atoms with van der Waals surface area (Å²) in [5.74, 6) is 0.763. The van der Waals surface area contributed by atoms with Crippen LogP contribution in [0.3, 0.4) is 0 Å². The van der Waals surface area contributed by atoms with Gasteiger partial charge in [0.1, 0.15) is 0 Å². The zero-order valence-corrected chi connectivity index (χ0v) is 16.4. The summed E-state index contributed by atoms with van der Waals surface area (Å²) >= 11 is 1.80. The van der Waals surface area contributed by atoms with Gasteiger partial charge in [-0.05, 0) is 50.7 Å². The lowest BCUT2D eigenvalue weighted by Crippen LogP contribution is -3.13. The van der Waals surface area contributed by atoms with Crippen molar-refractivity contribution in [2.45, 2.75) is 50.9 Å². The number of rotatable bonds is 3. The van der Waals surface area contributed by atoms with Crippen molar-refractivity contribution >= 4 is 27.5 Å². The van der Waals surface area contributed by atoms with Gasteiger partial charge in [0.15, 0.2) is 6.54 Å². The van der Waals surface area contributed by atoms with Gasteiger partial charge in [-0.25, -0.2) is 4.98 Å². The molecule has 0 saturated carbocycles. The Labute approximate surface area is 160 Å². The van der Waals surface area contributed by atoms with E-state index < -0.39 is 0 Å². The molecule has 2 fully saturated rings. The summed E-state index contributed by atoms with van der Waals surface area (Å²) in [6.45, 7) is 4.80. The SMILES string of the molecule is O=C(C[NH+]1CCCCCCC1)N1CCC[C@@H](c2nc3ccccc3s2)C1. The Balaban J connectivity index is 1.38. The standard InChI is InChI=1S/C21H29N3OS/c25-20(16-23-12-6-2-1-3-7-13-23)24-14-8-9-17(15-24)21-22-18-10-4-5-11-19(18)26-21/h4-5,10-11,17H,1-3,6-9,12-16H2/p+1/t17-/m1/s1. The predicted octanol–water partition coefficient (Wildman–Crippen LogP) is 2.85. The summed E-state index contributed by atoms with van der Waals surface area (Å²) in [4.78, 5) is 21.4. The van der Waals surface area contributed by atoms with E-state index in [-0.39, 0.29) is 0 Å². The quantitative estimate of drug-likeness (QED) is 0.900. The van der Waals surface area contributed by atoms with Crippen molar-refractivity contribution < 1.29 is 9.69 Å². The first kappa shape index (κ1) is 17.9. The highest BCUT2D eigenvalue weighted by atomic mass is 32.1. The van der Waals surface area contributed by atoms with Gasteiger partial charge in [0.25, 0.3) is 5.91 Å². The minimum atomic E-state index is 0.353. The number of aromatic nitrogens is 1. The monoisotopic (exact) mass is 372 g/mol. The minimum absolute atomic E-state index is 0.353. The summed E-state index contributed by atoms with van der Waals surface area (Å²) in [6, 6.07) is 8.36. The zero-order valence-electron chi connectivity index (χ0n) is 15.6. The van der Waals surface area contributed by atoms with E-state index in [1.54, 1.807) is 11.3 Å². The lowest BCUT2D eigenvalue weighted by Gasteiger charge is -2.33. The van der Waals surface area contributed by atoms with Gasteiger partial charge >= 0.3 is 0 Å². The van der Waals surface area contributed by atoms with Crippen LogP contribution in [0.4, 0.5) is 0 Å². The zero-order chi connectivity index (χ0) is 17.8. The molecule has 4 rings (SSSR count). The number of fused-ring (bicyclic) bond motifs is 1. The molecule has 2 aromatic rings. The second-order valence-corrected chi connectivity index (χ2v) is 8.96. The lowest BCUT2D eigenvalue weighted by molar-refractivity contribution is -0.893. The van der Waals surface area contributed by atoms with Crippen LogP contribution in [0.5, 0.6) is 0 Å². The van der Waals surface area contributed by atoms with Gasteiger partial charge < -0.3 is 9.80 Å². The summed E-state index contributed by atoms with van der Waals surface area (Å²) in [6.07, 6.45) is 8.84. The number of hydrogen-bond donors (Lipinski definition) is 1. The van der Waals surface area contributed by atoms with Crippen LogP contribution in [-0.2, 0) is 4.79 Å². The number of carbonyl (C=O) groups is 1. The number of quaternary nitrogens is 1. The van der Waals surface area contributed by atoms with Gasteiger partial charge in [0.2, 0.25) is 0 Å². The first-order valence-corrected chi connectivity index (χ1v) is 11.1. The van der Waals surface area contributed by atoms with Gasteiger partial charge in [-0.3, -0.25) is 4.79 Å². The molecule has 140 valence electrons. The third-order valence-electron chi connectivity index (χ3n) is 5.90. The third-order valence-corrected chi connectivity index (χ3v) is 7.09. The fourth-order valence-corrected chi connectivity index (χ4v) is 5.47. The van der Waals surface area contributed by atoms with Crippen LogP contribution in [0.25, 0.3) is 10.2 Å². The molecule has 1 aromatic carbocycles. The Hall–Kier alpha value is -1.46. The lowest BCUT2D eigenvalue weighted by atomic mass is 9.98. The average molecular weight is 373 g/mol. The molecule has 0 aliphatic carbocycles. The van der Waals surface area contributed by atoms with E-state index in [4.69, 9.17) is 4.98 Å². The maximum absolute atomic E-state index is 12.9. The van der Waals surface area contributed by atoms with Gasteiger partial charge in [-0.2, -0.15) is 0 Å². The number of benzene rings is 1. The van der Waals surface area contributed by atoms with Crippen molar-refractivity contribution in [3.8, 4) is 0 Å². The number of carbonyl (C=O) groups excluding carboxylic acids is 1. The van der Waals surface area contributed by atoms with Crippen LogP contribution >= 0.6 is 11.3 Å². The first-order chi connectivity index (χ1) is 12.8. The summed E-state index contributed by atoms with van der Waals surface area (Å²) < 4.78 is 1.26. The molecule has 1 N–H and O–H groups in total. The summed E-state index contributed by atoms with van der Waals surface area (Å²) in [7, 11) is 0. The number of nitrogens with zero attached hydrogens (tertiary/aromatic N) is 2. The maximum atomic E-state index is 12.9. The number of piperidine rings is 1. The Bertz CT molecular complexity index is 703. The molecule has 26 heavy (non-hydrogen) atoms. The number of amides is 1. The van der Waals surface area contributed by atoms with Crippen molar-refractivity contribution in [2.24, 2.45) is 0 Å². The van der Waals surface area contributed by atoms with Crippen molar-refractivity contribution in [2.75, 3.05) is 32.7 Å². The van der Waals surface area contributed by atoms with Crippen LogP contribution in [-0.4, -0.2) is 48.5 Å². The second kappa shape index (κ2) is 8.49. The fourth-order valence-electron chi connectivity index (χ4n) is 4.38. The molecule has 5 heteroatoms. The topological polar surface area (TPSA) is 37.6 Å². The highest BCUT2D eigenvalue weighted by molar-refractivity contribution is 7.18. The van der Waals surface area contributed by atoms with E-state index in [1.807, 2.05) is 0 Å². The molecule has 1 aromatic heterocycles. The molecule has 1 atom stereocenters. The van der Waals surface area contributed by atoms with E-state index in [0.29, 0.717) is 18.4 Å².